The number of rotatable bonds is 6. The van der Waals surface area contributed by atoms with Crippen molar-refractivity contribution >= 4 is 40.2 Å². The number of anilines is 2. The van der Waals surface area contributed by atoms with Crippen LogP contribution in [0.2, 0.25) is 0 Å². The van der Waals surface area contributed by atoms with Crippen molar-refractivity contribution in [1.82, 2.24) is 15.2 Å². The lowest BCUT2D eigenvalue weighted by Gasteiger charge is -2.35. The van der Waals surface area contributed by atoms with Crippen LogP contribution in [0.5, 0.6) is 5.75 Å². The molecule has 1 aromatic heterocycles. The highest BCUT2D eigenvalue weighted by Crippen LogP contribution is 2.29. The Hall–Kier alpha value is -4.41. The van der Waals surface area contributed by atoms with Crippen molar-refractivity contribution in [2.45, 2.75) is 20.0 Å². The Balaban J connectivity index is 1.20. The average Bonchev–Trinajstić information content (AvgIpc) is 3.31. The molecule has 2 aliphatic rings. The number of aryl methyl sites for hydroxylation is 1. The summed E-state index contributed by atoms with van der Waals surface area (Å²) < 4.78 is 25.7. The van der Waals surface area contributed by atoms with Gasteiger partial charge in [-0.2, -0.15) is 0 Å². The van der Waals surface area contributed by atoms with Gasteiger partial charge in [0.2, 0.25) is 5.91 Å². The molecule has 10 nitrogen and oxygen atoms in total. The third kappa shape index (κ3) is 5.43. The number of carbonyl (C=O) groups is 3. The number of carbonyl (C=O) groups excluding carboxylic acids is 3. The van der Waals surface area contributed by atoms with E-state index >= 15 is 4.39 Å². The molecular weight excluding hydrogens is 505 g/mol. The van der Waals surface area contributed by atoms with Gasteiger partial charge in [0, 0.05) is 44.6 Å². The SMILES string of the molecule is COc1ccc2cc(C(=O)NC[C@H]3CN(c4ccc(N5CCN(C(C)=O)CC5)c(F)c4)C(=O)O3)c(C)nc2c1. The van der Waals surface area contributed by atoms with Gasteiger partial charge < -0.3 is 24.6 Å². The fraction of sp³-hybridized carbons (Fsp3) is 0.357. The molecule has 0 saturated carbocycles. The molecular formula is C28H30FN5O5. The summed E-state index contributed by atoms with van der Waals surface area (Å²) in [6, 6.07) is 11.8. The van der Waals surface area contributed by atoms with Crippen molar-refractivity contribution in [3.8, 4) is 5.75 Å². The van der Waals surface area contributed by atoms with E-state index in [2.05, 4.69) is 10.3 Å². The quantitative estimate of drug-likeness (QED) is 0.517. The van der Waals surface area contributed by atoms with Crippen LogP contribution >= 0.6 is 0 Å². The Bertz CT molecular complexity index is 1440. The lowest BCUT2D eigenvalue weighted by atomic mass is 10.1. The largest absolute Gasteiger partial charge is 0.497 e. The Kier molecular flexibility index (Phi) is 7.23. The summed E-state index contributed by atoms with van der Waals surface area (Å²) in [6.45, 7) is 5.68. The summed E-state index contributed by atoms with van der Waals surface area (Å²) >= 11 is 0. The third-order valence-electron chi connectivity index (χ3n) is 7.13. The second-order valence-electron chi connectivity index (χ2n) is 9.64. The van der Waals surface area contributed by atoms with E-state index in [0.29, 0.717) is 54.6 Å². The van der Waals surface area contributed by atoms with E-state index < -0.39 is 18.0 Å². The zero-order chi connectivity index (χ0) is 27.7. The molecule has 0 bridgehead atoms. The number of nitrogens with one attached hydrogen (secondary N) is 1. The summed E-state index contributed by atoms with van der Waals surface area (Å²) in [7, 11) is 1.58. The molecule has 0 unspecified atom stereocenters. The normalized spacial score (nSPS) is 17.4. The van der Waals surface area contributed by atoms with Crippen LogP contribution in [0.25, 0.3) is 10.9 Å². The van der Waals surface area contributed by atoms with Gasteiger partial charge in [0.25, 0.3) is 5.91 Å². The number of halogens is 1. The van der Waals surface area contributed by atoms with Gasteiger partial charge in [0.05, 0.1) is 48.3 Å². The summed E-state index contributed by atoms with van der Waals surface area (Å²) in [5.74, 6) is -0.0900. The zero-order valence-electron chi connectivity index (χ0n) is 22.1. The van der Waals surface area contributed by atoms with E-state index in [0.717, 1.165) is 10.9 Å². The molecule has 11 heteroatoms. The molecule has 1 N–H and O–H groups in total. The van der Waals surface area contributed by atoms with E-state index in [1.165, 1.54) is 17.9 Å². The first-order valence-electron chi connectivity index (χ1n) is 12.7. The van der Waals surface area contributed by atoms with Crippen molar-refractivity contribution in [3.05, 3.63) is 59.5 Å². The number of piperazine rings is 1. The van der Waals surface area contributed by atoms with Crippen LogP contribution in [0.3, 0.4) is 0 Å². The number of cyclic esters (lactones) is 1. The summed E-state index contributed by atoms with van der Waals surface area (Å²) in [4.78, 5) is 46.5. The molecule has 0 spiro atoms. The van der Waals surface area contributed by atoms with Crippen LogP contribution in [-0.2, 0) is 9.53 Å². The monoisotopic (exact) mass is 535 g/mol. The van der Waals surface area contributed by atoms with Gasteiger partial charge in [-0.1, -0.05) is 0 Å². The van der Waals surface area contributed by atoms with Crippen LogP contribution in [-0.4, -0.2) is 80.3 Å². The van der Waals surface area contributed by atoms with E-state index in [4.69, 9.17) is 9.47 Å². The standard InChI is InChI=1S/C28H30FN5O5/c1-17-23(12-19-4-6-21(38-3)14-25(19)31-17)27(36)30-15-22-16-34(28(37)39-22)20-5-7-26(24(29)13-20)33-10-8-32(9-11-33)18(2)35/h4-7,12-14,22H,8-11,15-16H2,1-3H3,(H,30,36)/t22-/m0/s1. The number of benzene rings is 2. The Labute approximate surface area is 225 Å². The molecule has 2 saturated heterocycles. The summed E-state index contributed by atoms with van der Waals surface area (Å²) in [6.07, 6.45) is -1.20. The van der Waals surface area contributed by atoms with Crippen molar-refractivity contribution < 1.29 is 28.2 Å². The minimum atomic E-state index is -0.603. The van der Waals surface area contributed by atoms with Crippen LogP contribution in [0.15, 0.2) is 42.5 Å². The second kappa shape index (κ2) is 10.8. The molecule has 1 atom stereocenters. The first kappa shape index (κ1) is 26.2. The second-order valence-corrected chi connectivity index (χ2v) is 9.64. The maximum atomic E-state index is 15.0. The number of hydrogen-bond acceptors (Lipinski definition) is 7. The minimum absolute atomic E-state index is 0.00821. The summed E-state index contributed by atoms with van der Waals surface area (Å²) in [5, 5.41) is 3.62. The molecule has 204 valence electrons. The molecule has 2 aromatic carbocycles. The lowest BCUT2D eigenvalue weighted by Crippen LogP contribution is -2.48. The van der Waals surface area contributed by atoms with Crippen molar-refractivity contribution in [3.63, 3.8) is 0 Å². The predicted molar refractivity (Wildman–Crippen MR) is 144 cm³/mol. The molecule has 2 aliphatic heterocycles. The first-order chi connectivity index (χ1) is 18.7. The average molecular weight is 536 g/mol. The predicted octanol–water partition coefficient (Wildman–Crippen LogP) is 3.11. The van der Waals surface area contributed by atoms with Gasteiger partial charge >= 0.3 is 6.09 Å². The van der Waals surface area contributed by atoms with E-state index in [1.807, 2.05) is 11.0 Å². The van der Waals surface area contributed by atoms with E-state index in [1.54, 1.807) is 49.3 Å². The number of methoxy groups -OCH3 is 1. The Morgan fingerprint density at radius 2 is 1.90 bits per heavy atom. The minimum Gasteiger partial charge on any atom is -0.497 e. The number of ether oxygens (including phenoxy) is 2. The van der Waals surface area contributed by atoms with Crippen LogP contribution in [0.1, 0.15) is 23.0 Å². The maximum Gasteiger partial charge on any atom is 0.414 e. The number of amides is 3. The van der Waals surface area contributed by atoms with Crippen LogP contribution < -0.4 is 19.9 Å². The number of pyridine rings is 1. The Morgan fingerprint density at radius 3 is 2.59 bits per heavy atom. The van der Waals surface area contributed by atoms with Crippen LogP contribution in [0.4, 0.5) is 20.6 Å². The van der Waals surface area contributed by atoms with Gasteiger partial charge in [-0.15, -0.1) is 0 Å². The smallest absolute Gasteiger partial charge is 0.414 e. The van der Waals surface area contributed by atoms with Crippen LogP contribution in [0, 0.1) is 12.7 Å². The molecule has 3 heterocycles. The number of nitrogens with zero attached hydrogens (tertiary/aromatic N) is 4. The first-order valence-corrected chi connectivity index (χ1v) is 12.7. The zero-order valence-corrected chi connectivity index (χ0v) is 22.1. The van der Waals surface area contributed by atoms with Crippen molar-refractivity contribution in [2.75, 3.05) is 56.2 Å². The van der Waals surface area contributed by atoms with Crippen molar-refractivity contribution in [1.29, 1.82) is 0 Å². The molecule has 3 aromatic rings. The highest BCUT2D eigenvalue weighted by molar-refractivity contribution is 5.99. The van der Waals surface area contributed by atoms with Gasteiger partial charge in [-0.25, -0.2) is 9.18 Å². The molecule has 39 heavy (non-hydrogen) atoms. The highest BCUT2D eigenvalue weighted by atomic mass is 19.1. The van der Waals surface area contributed by atoms with Crippen molar-refractivity contribution in [2.24, 2.45) is 0 Å². The van der Waals surface area contributed by atoms with E-state index in [-0.39, 0.29) is 24.9 Å². The highest BCUT2D eigenvalue weighted by Gasteiger charge is 2.33. The molecule has 5 rings (SSSR count). The number of aromatic nitrogens is 1. The Morgan fingerprint density at radius 1 is 1.13 bits per heavy atom. The number of hydrogen-bond donors (Lipinski definition) is 1. The van der Waals surface area contributed by atoms with Gasteiger partial charge in [-0.05, 0) is 43.3 Å². The van der Waals surface area contributed by atoms with E-state index in [9.17, 15) is 14.4 Å². The van der Waals surface area contributed by atoms with Gasteiger partial charge in [0.1, 0.15) is 17.7 Å². The molecule has 0 radical (unpaired) electrons. The summed E-state index contributed by atoms with van der Waals surface area (Å²) in [5.41, 5.74) is 2.52. The fourth-order valence-corrected chi connectivity index (χ4v) is 4.92. The van der Waals surface area contributed by atoms with Gasteiger partial charge in [-0.3, -0.25) is 19.5 Å². The third-order valence-corrected chi connectivity index (χ3v) is 7.13. The fourth-order valence-electron chi connectivity index (χ4n) is 4.92. The topological polar surface area (TPSA) is 104 Å². The molecule has 3 amide bonds. The molecule has 0 aliphatic carbocycles. The maximum absolute atomic E-state index is 15.0. The number of fused-ring (bicyclic) bond motifs is 1. The van der Waals surface area contributed by atoms with Gasteiger partial charge in [0.15, 0.2) is 0 Å². The lowest BCUT2D eigenvalue weighted by molar-refractivity contribution is -0.129. The molecule has 2 fully saturated rings.